The van der Waals surface area contributed by atoms with Crippen molar-refractivity contribution >= 4 is 33.3 Å². The first-order valence-electron chi connectivity index (χ1n) is 5.82. The van der Waals surface area contributed by atoms with Gasteiger partial charge in [0.15, 0.2) is 0 Å². The van der Waals surface area contributed by atoms with Crippen LogP contribution in [0.1, 0.15) is 26.2 Å². The minimum absolute atomic E-state index is 0.00767. The molecule has 0 amide bonds. The Labute approximate surface area is 119 Å². The van der Waals surface area contributed by atoms with E-state index >= 15 is 0 Å². The summed E-state index contributed by atoms with van der Waals surface area (Å²) in [4.78, 5) is 20.9. The fourth-order valence-electron chi connectivity index (χ4n) is 1.68. The van der Waals surface area contributed by atoms with Crippen molar-refractivity contribution < 1.29 is 14.8 Å². The van der Waals surface area contributed by atoms with Crippen LogP contribution in [-0.2, 0) is 4.79 Å². The van der Waals surface area contributed by atoms with Gasteiger partial charge in [-0.3, -0.25) is 14.9 Å². The highest BCUT2D eigenvalue weighted by Gasteiger charge is 2.15. The number of carboxylic acids is 1. The van der Waals surface area contributed by atoms with E-state index in [1.807, 2.05) is 6.92 Å². The predicted octanol–water partition coefficient (Wildman–Crippen LogP) is 3.41. The van der Waals surface area contributed by atoms with Gasteiger partial charge in [0.2, 0.25) is 0 Å². The van der Waals surface area contributed by atoms with Gasteiger partial charge in [0.05, 0.1) is 4.92 Å². The summed E-state index contributed by atoms with van der Waals surface area (Å²) in [6.07, 6.45) is 1.27. The number of benzene rings is 1. The van der Waals surface area contributed by atoms with Crippen molar-refractivity contribution in [1.82, 2.24) is 0 Å². The second-order valence-corrected chi connectivity index (χ2v) is 5.17. The Hall–Kier alpha value is -1.63. The Morgan fingerprint density at radius 2 is 2.26 bits per heavy atom. The van der Waals surface area contributed by atoms with Crippen LogP contribution in [0, 0.1) is 10.1 Å². The van der Waals surface area contributed by atoms with E-state index in [0.717, 1.165) is 4.47 Å². The van der Waals surface area contributed by atoms with E-state index in [1.54, 1.807) is 12.1 Å². The molecule has 2 N–H and O–H groups in total. The van der Waals surface area contributed by atoms with Gasteiger partial charge in [0, 0.05) is 23.0 Å². The number of nitrogens with zero attached hydrogens (tertiary/aromatic N) is 1. The van der Waals surface area contributed by atoms with Gasteiger partial charge in [0.1, 0.15) is 5.69 Å². The van der Waals surface area contributed by atoms with Crippen LogP contribution in [0.15, 0.2) is 22.7 Å². The molecule has 0 spiro atoms. The Balaban J connectivity index is 2.67. The third kappa shape index (κ3) is 5.25. The summed E-state index contributed by atoms with van der Waals surface area (Å²) >= 11 is 3.27. The number of hydrogen-bond acceptors (Lipinski definition) is 4. The molecule has 1 aromatic rings. The molecule has 0 aliphatic heterocycles. The van der Waals surface area contributed by atoms with Crippen LogP contribution in [0.4, 0.5) is 11.4 Å². The monoisotopic (exact) mass is 330 g/mol. The van der Waals surface area contributed by atoms with Crippen LogP contribution < -0.4 is 5.32 Å². The molecule has 0 aliphatic rings. The number of anilines is 1. The number of nitro benzene ring substituents is 1. The van der Waals surface area contributed by atoms with E-state index in [4.69, 9.17) is 5.11 Å². The lowest BCUT2D eigenvalue weighted by Crippen LogP contribution is -2.16. The zero-order valence-corrected chi connectivity index (χ0v) is 12.0. The summed E-state index contributed by atoms with van der Waals surface area (Å²) in [6.45, 7) is 1.87. The molecular formula is C12H15BrN2O4. The maximum Gasteiger partial charge on any atom is 0.303 e. The maximum absolute atomic E-state index is 10.9. The molecule has 1 unspecified atom stereocenters. The van der Waals surface area contributed by atoms with Crippen LogP contribution in [0.2, 0.25) is 0 Å². The summed E-state index contributed by atoms with van der Waals surface area (Å²) in [7, 11) is 0. The number of hydrogen-bond donors (Lipinski definition) is 2. The molecule has 0 fully saturated rings. The summed E-state index contributed by atoms with van der Waals surface area (Å²) in [6, 6.07) is 4.65. The van der Waals surface area contributed by atoms with Crippen LogP contribution >= 0.6 is 15.9 Å². The second kappa shape index (κ2) is 7.08. The summed E-state index contributed by atoms with van der Waals surface area (Å²) < 4.78 is 0.748. The summed E-state index contributed by atoms with van der Waals surface area (Å²) in [5.41, 5.74) is 0.440. The van der Waals surface area contributed by atoms with Gasteiger partial charge in [-0.15, -0.1) is 0 Å². The molecule has 0 saturated heterocycles. The minimum atomic E-state index is -0.833. The molecule has 0 aromatic heterocycles. The lowest BCUT2D eigenvalue weighted by Gasteiger charge is -2.15. The summed E-state index contributed by atoms with van der Waals surface area (Å²) in [5.74, 6) is -0.833. The first-order chi connectivity index (χ1) is 8.90. The number of carbonyl (C=O) groups is 1. The fourth-order valence-corrected chi connectivity index (χ4v) is 2.04. The van der Waals surface area contributed by atoms with E-state index in [1.165, 1.54) is 6.07 Å². The highest BCUT2D eigenvalue weighted by atomic mass is 79.9. The van der Waals surface area contributed by atoms with Gasteiger partial charge >= 0.3 is 5.97 Å². The molecule has 1 rings (SSSR count). The van der Waals surface area contributed by atoms with Crippen molar-refractivity contribution in [2.24, 2.45) is 0 Å². The molecule has 0 aliphatic carbocycles. The molecule has 0 heterocycles. The van der Waals surface area contributed by atoms with Crippen LogP contribution in [0.25, 0.3) is 0 Å². The highest BCUT2D eigenvalue weighted by molar-refractivity contribution is 9.10. The average Bonchev–Trinajstić information content (AvgIpc) is 2.27. The third-order valence-electron chi connectivity index (χ3n) is 2.58. The first-order valence-corrected chi connectivity index (χ1v) is 6.61. The lowest BCUT2D eigenvalue weighted by molar-refractivity contribution is -0.384. The number of halogens is 1. The molecule has 104 valence electrons. The number of carboxylic acid groups (broad SMARTS) is 1. The Morgan fingerprint density at radius 1 is 1.58 bits per heavy atom. The second-order valence-electron chi connectivity index (χ2n) is 4.25. The van der Waals surface area contributed by atoms with Crippen molar-refractivity contribution in [2.75, 3.05) is 5.32 Å². The van der Waals surface area contributed by atoms with Gasteiger partial charge in [0.25, 0.3) is 5.69 Å². The maximum atomic E-state index is 10.9. The smallest absolute Gasteiger partial charge is 0.303 e. The SMILES string of the molecule is CC(CCCC(=O)O)Nc1cc(Br)ccc1[N+](=O)[O-]. The van der Waals surface area contributed by atoms with E-state index in [2.05, 4.69) is 21.2 Å². The van der Waals surface area contributed by atoms with Gasteiger partial charge in [-0.1, -0.05) is 15.9 Å². The highest BCUT2D eigenvalue weighted by Crippen LogP contribution is 2.28. The Bertz CT molecular complexity index is 479. The fraction of sp³-hybridized carbons (Fsp3) is 0.417. The van der Waals surface area contributed by atoms with E-state index < -0.39 is 10.9 Å². The van der Waals surface area contributed by atoms with Gasteiger partial charge in [-0.2, -0.15) is 0 Å². The third-order valence-corrected chi connectivity index (χ3v) is 3.08. The topological polar surface area (TPSA) is 92.5 Å². The van der Waals surface area contributed by atoms with Gasteiger partial charge in [-0.25, -0.2) is 0 Å². The molecule has 6 nitrogen and oxygen atoms in total. The molecule has 7 heteroatoms. The standard InChI is InChI=1S/C12H15BrN2O4/c1-8(3-2-4-12(16)17)14-10-7-9(13)5-6-11(10)15(18)19/h5-8,14H,2-4H2,1H3,(H,16,17). The normalized spacial score (nSPS) is 11.9. The number of nitrogens with one attached hydrogen (secondary N) is 1. The molecule has 1 aromatic carbocycles. The molecule has 19 heavy (non-hydrogen) atoms. The zero-order valence-electron chi connectivity index (χ0n) is 10.4. The number of aliphatic carboxylic acids is 1. The van der Waals surface area contributed by atoms with Gasteiger partial charge < -0.3 is 10.4 Å². The molecule has 0 radical (unpaired) electrons. The number of rotatable bonds is 7. The minimum Gasteiger partial charge on any atom is -0.481 e. The van der Waals surface area contributed by atoms with Crippen molar-refractivity contribution in [3.63, 3.8) is 0 Å². The average molecular weight is 331 g/mol. The summed E-state index contributed by atoms with van der Waals surface area (Å²) in [5, 5.41) is 22.5. The predicted molar refractivity (Wildman–Crippen MR) is 75.4 cm³/mol. The quantitative estimate of drug-likeness (QED) is 0.590. The lowest BCUT2D eigenvalue weighted by atomic mass is 10.1. The van der Waals surface area contributed by atoms with Crippen LogP contribution in [0.5, 0.6) is 0 Å². The van der Waals surface area contributed by atoms with Crippen LogP contribution in [0.3, 0.4) is 0 Å². The van der Waals surface area contributed by atoms with Crippen LogP contribution in [-0.4, -0.2) is 22.0 Å². The Morgan fingerprint density at radius 3 is 2.84 bits per heavy atom. The first kappa shape index (κ1) is 15.4. The molecule has 0 saturated carbocycles. The van der Waals surface area contributed by atoms with E-state index in [0.29, 0.717) is 18.5 Å². The van der Waals surface area contributed by atoms with E-state index in [9.17, 15) is 14.9 Å². The largest absolute Gasteiger partial charge is 0.481 e. The van der Waals surface area contributed by atoms with Crippen molar-refractivity contribution in [2.45, 2.75) is 32.2 Å². The van der Waals surface area contributed by atoms with Crippen molar-refractivity contribution in [3.05, 3.63) is 32.8 Å². The molecule has 1 atom stereocenters. The van der Waals surface area contributed by atoms with Gasteiger partial charge in [-0.05, 0) is 31.9 Å². The van der Waals surface area contributed by atoms with E-state index in [-0.39, 0.29) is 18.2 Å². The Kier molecular flexibility index (Phi) is 5.75. The van der Waals surface area contributed by atoms with Crippen molar-refractivity contribution in [3.8, 4) is 0 Å². The number of nitro groups is 1. The van der Waals surface area contributed by atoms with Crippen molar-refractivity contribution in [1.29, 1.82) is 0 Å². The zero-order chi connectivity index (χ0) is 14.4. The molecule has 0 bridgehead atoms. The molecular weight excluding hydrogens is 316 g/mol.